The number of hydrogen-bond acceptors (Lipinski definition) is 2. The smallest absolute Gasteiger partial charge is 0.170 e. The second-order valence-electron chi connectivity index (χ2n) is 7.83. The predicted octanol–water partition coefficient (Wildman–Crippen LogP) is 7.35. The molecule has 2 aromatic carbocycles. The molecule has 0 amide bonds. The summed E-state index contributed by atoms with van der Waals surface area (Å²) in [5, 5.41) is 4.22. The number of rotatable bonds is 7. The highest BCUT2D eigenvalue weighted by atomic mass is 79.9. The maximum absolute atomic E-state index is 5.64. The maximum Gasteiger partial charge on any atom is 0.170 e. The SMILES string of the molecule is Cc1noc(-c2ccc(Br)cc2)c1CCC(C)Cc1ccc(C(C)C)cc1. The maximum atomic E-state index is 5.64. The van der Waals surface area contributed by atoms with Crippen LogP contribution in [-0.2, 0) is 12.8 Å². The largest absolute Gasteiger partial charge is 0.356 e. The molecule has 3 rings (SSSR count). The molecule has 3 aromatic rings. The first-order valence-electron chi connectivity index (χ1n) is 9.74. The van der Waals surface area contributed by atoms with Crippen molar-refractivity contribution in [3.8, 4) is 11.3 Å². The van der Waals surface area contributed by atoms with Crippen LogP contribution in [0.15, 0.2) is 57.5 Å². The fourth-order valence-corrected chi connectivity index (χ4v) is 3.71. The van der Waals surface area contributed by atoms with Gasteiger partial charge in [0.25, 0.3) is 0 Å². The van der Waals surface area contributed by atoms with Gasteiger partial charge in [0.1, 0.15) is 0 Å². The monoisotopic (exact) mass is 425 g/mol. The number of aromatic nitrogens is 1. The molecule has 0 fully saturated rings. The van der Waals surface area contributed by atoms with Crippen LogP contribution < -0.4 is 0 Å². The lowest BCUT2D eigenvalue weighted by Crippen LogP contribution is -2.03. The molecule has 0 saturated heterocycles. The molecule has 0 bridgehead atoms. The van der Waals surface area contributed by atoms with Crippen LogP contribution in [0.4, 0.5) is 0 Å². The molecule has 0 aliphatic heterocycles. The van der Waals surface area contributed by atoms with Crippen molar-refractivity contribution in [3.05, 3.63) is 75.4 Å². The van der Waals surface area contributed by atoms with Crippen molar-refractivity contribution in [3.63, 3.8) is 0 Å². The first-order chi connectivity index (χ1) is 12.9. The van der Waals surface area contributed by atoms with Gasteiger partial charge in [-0.1, -0.05) is 78.3 Å². The second kappa shape index (κ2) is 8.88. The Balaban J connectivity index is 1.64. The molecule has 142 valence electrons. The fraction of sp³-hybridized carbons (Fsp3) is 0.375. The van der Waals surface area contributed by atoms with Crippen molar-refractivity contribution in [1.82, 2.24) is 5.16 Å². The van der Waals surface area contributed by atoms with Gasteiger partial charge in [-0.05, 0) is 61.3 Å². The first kappa shape index (κ1) is 19.9. The molecule has 1 heterocycles. The number of halogens is 1. The summed E-state index contributed by atoms with van der Waals surface area (Å²) in [5.74, 6) is 2.11. The average Bonchev–Trinajstić information content (AvgIpc) is 3.01. The quantitative estimate of drug-likeness (QED) is 0.395. The van der Waals surface area contributed by atoms with Crippen molar-refractivity contribution >= 4 is 15.9 Å². The summed E-state index contributed by atoms with van der Waals surface area (Å²) in [6.45, 7) is 8.85. The van der Waals surface area contributed by atoms with E-state index in [9.17, 15) is 0 Å². The van der Waals surface area contributed by atoms with Crippen molar-refractivity contribution in [2.45, 2.75) is 52.9 Å². The van der Waals surface area contributed by atoms with Gasteiger partial charge >= 0.3 is 0 Å². The first-order valence-corrected chi connectivity index (χ1v) is 10.5. The molecule has 1 aromatic heterocycles. The number of benzene rings is 2. The van der Waals surface area contributed by atoms with Crippen LogP contribution in [0.25, 0.3) is 11.3 Å². The van der Waals surface area contributed by atoms with Crippen LogP contribution in [0.5, 0.6) is 0 Å². The van der Waals surface area contributed by atoms with E-state index in [1.807, 2.05) is 19.1 Å². The Bertz CT molecular complexity index is 862. The second-order valence-corrected chi connectivity index (χ2v) is 8.74. The molecule has 3 heteroatoms. The third-order valence-electron chi connectivity index (χ3n) is 5.21. The van der Waals surface area contributed by atoms with Gasteiger partial charge in [-0.2, -0.15) is 0 Å². The minimum absolute atomic E-state index is 0.588. The summed E-state index contributed by atoms with van der Waals surface area (Å²) in [6, 6.07) is 17.3. The molecule has 0 radical (unpaired) electrons. The highest BCUT2D eigenvalue weighted by Gasteiger charge is 2.16. The van der Waals surface area contributed by atoms with Crippen LogP contribution in [-0.4, -0.2) is 5.16 Å². The molecule has 0 aliphatic rings. The molecule has 1 unspecified atom stereocenters. The van der Waals surface area contributed by atoms with E-state index in [0.717, 1.165) is 40.8 Å². The van der Waals surface area contributed by atoms with E-state index in [-0.39, 0.29) is 0 Å². The molecule has 0 saturated carbocycles. The third-order valence-corrected chi connectivity index (χ3v) is 5.74. The Kier molecular flexibility index (Phi) is 6.54. The Hall–Kier alpha value is -1.87. The van der Waals surface area contributed by atoms with Gasteiger partial charge in [0.2, 0.25) is 0 Å². The van der Waals surface area contributed by atoms with E-state index in [2.05, 4.69) is 78.3 Å². The predicted molar refractivity (Wildman–Crippen MR) is 116 cm³/mol. The van der Waals surface area contributed by atoms with E-state index in [0.29, 0.717) is 11.8 Å². The lowest BCUT2D eigenvalue weighted by atomic mass is 9.92. The van der Waals surface area contributed by atoms with Gasteiger partial charge in [0, 0.05) is 15.6 Å². The van der Waals surface area contributed by atoms with Crippen LogP contribution in [0, 0.1) is 12.8 Å². The summed E-state index contributed by atoms with van der Waals surface area (Å²) in [7, 11) is 0. The van der Waals surface area contributed by atoms with Gasteiger partial charge in [0.15, 0.2) is 5.76 Å². The van der Waals surface area contributed by atoms with Gasteiger partial charge in [-0.25, -0.2) is 0 Å². The van der Waals surface area contributed by atoms with E-state index >= 15 is 0 Å². The summed E-state index contributed by atoms with van der Waals surface area (Å²) >= 11 is 3.49. The highest BCUT2D eigenvalue weighted by Crippen LogP contribution is 2.29. The van der Waals surface area contributed by atoms with Crippen LogP contribution >= 0.6 is 15.9 Å². The number of nitrogens with zero attached hydrogens (tertiary/aromatic N) is 1. The zero-order valence-corrected chi connectivity index (χ0v) is 18.2. The average molecular weight is 426 g/mol. The molecule has 0 N–H and O–H groups in total. The summed E-state index contributed by atoms with van der Waals surface area (Å²) in [4.78, 5) is 0. The minimum atomic E-state index is 0.588. The van der Waals surface area contributed by atoms with E-state index in [4.69, 9.17) is 4.52 Å². The van der Waals surface area contributed by atoms with E-state index < -0.39 is 0 Å². The van der Waals surface area contributed by atoms with Crippen molar-refractivity contribution in [1.29, 1.82) is 0 Å². The van der Waals surface area contributed by atoms with Crippen molar-refractivity contribution in [2.75, 3.05) is 0 Å². The lowest BCUT2D eigenvalue weighted by Gasteiger charge is -2.13. The third kappa shape index (κ3) is 5.10. The minimum Gasteiger partial charge on any atom is -0.356 e. The van der Waals surface area contributed by atoms with Crippen LogP contribution in [0.2, 0.25) is 0 Å². The fourth-order valence-electron chi connectivity index (χ4n) is 3.45. The highest BCUT2D eigenvalue weighted by molar-refractivity contribution is 9.10. The van der Waals surface area contributed by atoms with Crippen molar-refractivity contribution in [2.24, 2.45) is 5.92 Å². The van der Waals surface area contributed by atoms with Crippen LogP contribution in [0.1, 0.15) is 55.5 Å². The summed E-state index contributed by atoms with van der Waals surface area (Å²) in [6.07, 6.45) is 3.22. The van der Waals surface area contributed by atoms with Crippen LogP contribution in [0.3, 0.4) is 0 Å². The Morgan fingerprint density at radius 3 is 2.26 bits per heavy atom. The normalized spacial score (nSPS) is 12.5. The lowest BCUT2D eigenvalue weighted by molar-refractivity contribution is 0.426. The molecule has 2 nitrogen and oxygen atoms in total. The van der Waals surface area contributed by atoms with E-state index in [1.165, 1.54) is 16.7 Å². The Morgan fingerprint density at radius 2 is 1.63 bits per heavy atom. The van der Waals surface area contributed by atoms with Crippen molar-refractivity contribution < 1.29 is 4.52 Å². The van der Waals surface area contributed by atoms with E-state index in [1.54, 1.807) is 0 Å². The number of hydrogen-bond donors (Lipinski definition) is 0. The van der Waals surface area contributed by atoms with Gasteiger partial charge in [-0.3, -0.25) is 0 Å². The van der Waals surface area contributed by atoms with Gasteiger partial charge in [0.05, 0.1) is 5.69 Å². The zero-order chi connectivity index (χ0) is 19.4. The molecule has 27 heavy (non-hydrogen) atoms. The number of aryl methyl sites for hydroxylation is 1. The standard InChI is InChI=1S/C24H28BrNO/c1-16(2)20-8-6-19(7-9-20)15-17(3)5-14-23-18(4)26-27-24(23)21-10-12-22(25)13-11-21/h6-13,16-17H,5,14-15H2,1-4H3. The zero-order valence-electron chi connectivity index (χ0n) is 16.6. The Morgan fingerprint density at radius 1 is 0.963 bits per heavy atom. The summed E-state index contributed by atoms with van der Waals surface area (Å²) in [5.41, 5.74) is 6.15. The molecule has 1 atom stereocenters. The molecule has 0 spiro atoms. The Labute approximate surface area is 171 Å². The van der Waals surface area contributed by atoms with Gasteiger partial charge in [-0.15, -0.1) is 0 Å². The molecular weight excluding hydrogens is 398 g/mol. The summed E-state index contributed by atoms with van der Waals surface area (Å²) < 4.78 is 6.71. The topological polar surface area (TPSA) is 26.0 Å². The molecular formula is C24H28BrNO. The molecule has 0 aliphatic carbocycles. The van der Waals surface area contributed by atoms with Gasteiger partial charge < -0.3 is 4.52 Å².